The third-order valence-electron chi connectivity index (χ3n) is 3.94. The van der Waals surface area contributed by atoms with E-state index in [2.05, 4.69) is 22.2 Å². The maximum atomic E-state index is 12.3. The highest BCUT2D eigenvalue weighted by atomic mass is 32.2. The van der Waals surface area contributed by atoms with Crippen molar-refractivity contribution in [3.05, 3.63) is 75.4 Å². The van der Waals surface area contributed by atoms with Gasteiger partial charge in [0.2, 0.25) is 0 Å². The summed E-state index contributed by atoms with van der Waals surface area (Å²) in [6.07, 6.45) is 2.56. The maximum absolute atomic E-state index is 12.3. The number of hydrogen-bond acceptors (Lipinski definition) is 5. The van der Waals surface area contributed by atoms with E-state index in [0.717, 1.165) is 27.9 Å². The van der Waals surface area contributed by atoms with E-state index in [1.165, 1.54) is 10.4 Å². The average Bonchev–Trinajstić information content (AvgIpc) is 2.99. The Kier molecular flexibility index (Phi) is 6.41. The Morgan fingerprint density at radius 1 is 1.15 bits per heavy atom. The van der Waals surface area contributed by atoms with Gasteiger partial charge in [0.05, 0.1) is 15.7 Å². The van der Waals surface area contributed by atoms with Crippen LogP contribution in [0.2, 0.25) is 0 Å². The third kappa shape index (κ3) is 5.16. The van der Waals surface area contributed by atoms with Gasteiger partial charge in [-0.2, -0.15) is 0 Å². The molecule has 4 nitrogen and oxygen atoms in total. The second-order valence-electron chi connectivity index (χ2n) is 5.91. The molecule has 0 fully saturated rings. The number of benzene rings is 1. The predicted molar refractivity (Wildman–Crippen MR) is 108 cm³/mol. The molecule has 0 unspecified atom stereocenters. The molecule has 1 N–H and O–H groups in total. The molecule has 0 spiro atoms. The van der Waals surface area contributed by atoms with E-state index in [4.69, 9.17) is 0 Å². The van der Waals surface area contributed by atoms with Crippen molar-refractivity contribution in [1.29, 1.82) is 0 Å². The minimum absolute atomic E-state index is 0.0427. The molecule has 2 heterocycles. The number of pyridine rings is 1. The van der Waals surface area contributed by atoms with Crippen LogP contribution in [0.5, 0.6) is 0 Å². The standard InChI is InChI=1S/C20H21N3OS2/c1-14-15(2)26-19(23-14)10-12-22-20(24)17-8-6-16(7-9-17)13-25-18-5-3-4-11-21-18/h3-9,11H,10,12-13H2,1-2H3,(H,22,24). The molecule has 0 aliphatic carbocycles. The molecule has 1 aromatic carbocycles. The molecular weight excluding hydrogens is 362 g/mol. The summed E-state index contributed by atoms with van der Waals surface area (Å²) >= 11 is 3.38. The molecule has 0 saturated heterocycles. The number of carbonyl (C=O) groups excluding carboxylic acids is 1. The molecule has 134 valence electrons. The van der Waals surface area contributed by atoms with Gasteiger partial charge in [0.25, 0.3) is 5.91 Å². The fraction of sp³-hybridized carbons (Fsp3) is 0.250. The van der Waals surface area contributed by atoms with Crippen molar-refractivity contribution in [2.75, 3.05) is 6.54 Å². The van der Waals surface area contributed by atoms with Crippen LogP contribution in [0, 0.1) is 13.8 Å². The van der Waals surface area contributed by atoms with Crippen molar-refractivity contribution in [1.82, 2.24) is 15.3 Å². The van der Waals surface area contributed by atoms with Crippen molar-refractivity contribution in [3.8, 4) is 0 Å². The Labute approximate surface area is 162 Å². The van der Waals surface area contributed by atoms with Crippen molar-refractivity contribution >= 4 is 29.0 Å². The van der Waals surface area contributed by atoms with E-state index in [1.54, 1.807) is 29.3 Å². The molecular formula is C20H21N3OS2. The van der Waals surface area contributed by atoms with E-state index in [0.29, 0.717) is 12.1 Å². The van der Waals surface area contributed by atoms with Crippen LogP contribution in [0.15, 0.2) is 53.7 Å². The smallest absolute Gasteiger partial charge is 0.251 e. The molecule has 2 aromatic heterocycles. The van der Waals surface area contributed by atoms with E-state index in [-0.39, 0.29) is 5.91 Å². The van der Waals surface area contributed by atoms with Gasteiger partial charge in [-0.25, -0.2) is 9.97 Å². The zero-order valence-electron chi connectivity index (χ0n) is 14.9. The Bertz CT molecular complexity index is 841. The average molecular weight is 384 g/mol. The summed E-state index contributed by atoms with van der Waals surface area (Å²) in [4.78, 5) is 22.3. The Morgan fingerprint density at radius 3 is 2.62 bits per heavy atom. The molecule has 3 aromatic rings. The summed E-state index contributed by atoms with van der Waals surface area (Å²) in [5.74, 6) is 0.792. The van der Waals surface area contributed by atoms with Gasteiger partial charge in [-0.15, -0.1) is 23.1 Å². The summed E-state index contributed by atoms with van der Waals surface area (Å²) in [5.41, 5.74) is 2.93. The number of aromatic nitrogens is 2. The molecule has 3 rings (SSSR count). The zero-order valence-corrected chi connectivity index (χ0v) is 16.5. The van der Waals surface area contributed by atoms with Crippen LogP contribution in [-0.4, -0.2) is 22.4 Å². The first-order chi connectivity index (χ1) is 12.6. The quantitative estimate of drug-likeness (QED) is 0.614. The SMILES string of the molecule is Cc1nc(CCNC(=O)c2ccc(CSc3ccccn3)cc2)sc1C. The van der Waals surface area contributed by atoms with E-state index in [9.17, 15) is 4.79 Å². The second kappa shape index (κ2) is 8.96. The molecule has 6 heteroatoms. The molecule has 0 atom stereocenters. The van der Waals surface area contributed by atoms with Gasteiger partial charge >= 0.3 is 0 Å². The topological polar surface area (TPSA) is 54.9 Å². The fourth-order valence-electron chi connectivity index (χ4n) is 2.37. The summed E-state index contributed by atoms with van der Waals surface area (Å²) in [6, 6.07) is 13.6. The van der Waals surface area contributed by atoms with Crippen LogP contribution in [0.3, 0.4) is 0 Å². The summed E-state index contributed by atoms with van der Waals surface area (Å²) in [7, 11) is 0. The Morgan fingerprint density at radius 2 is 1.96 bits per heavy atom. The molecule has 1 amide bonds. The third-order valence-corrected chi connectivity index (χ3v) is 6.09. The van der Waals surface area contributed by atoms with E-state index in [1.807, 2.05) is 49.4 Å². The van der Waals surface area contributed by atoms with Crippen LogP contribution >= 0.6 is 23.1 Å². The minimum atomic E-state index is -0.0427. The number of thioether (sulfide) groups is 1. The van der Waals surface area contributed by atoms with Gasteiger partial charge in [0.1, 0.15) is 0 Å². The van der Waals surface area contributed by atoms with Gasteiger partial charge < -0.3 is 5.32 Å². The van der Waals surface area contributed by atoms with Crippen LogP contribution < -0.4 is 5.32 Å². The van der Waals surface area contributed by atoms with Crippen molar-refractivity contribution in [2.24, 2.45) is 0 Å². The zero-order chi connectivity index (χ0) is 18.4. The second-order valence-corrected chi connectivity index (χ2v) is 8.19. The van der Waals surface area contributed by atoms with Gasteiger partial charge in [-0.1, -0.05) is 18.2 Å². The molecule has 0 bridgehead atoms. The summed E-state index contributed by atoms with van der Waals surface area (Å²) in [6.45, 7) is 4.69. The van der Waals surface area contributed by atoms with Gasteiger partial charge in [-0.3, -0.25) is 4.79 Å². The van der Waals surface area contributed by atoms with Crippen LogP contribution in [0.1, 0.15) is 31.5 Å². The molecule has 0 aliphatic rings. The lowest BCUT2D eigenvalue weighted by atomic mass is 10.1. The number of nitrogens with zero attached hydrogens (tertiary/aromatic N) is 2. The minimum Gasteiger partial charge on any atom is -0.352 e. The highest BCUT2D eigenvalue weighted by Gasteiger charge is 2.07. The first kappa shape index (κ1) is 18.6. The van der Waals surface area contributed by atoms with Gasteiger partial charge in [0, 0.05) is 35.4 Å². The molecule has 26 heavy (non-hydrogen) atoms. The predicted octanol–water partition coefficient (Wildman–Crippen LogP) is 4.42. The molecule has 0 saturated carbocycles. The summed E-state index contributed by atoms with van der Waals surface area (Å²) < 4.78 is 0. The number of aryl methyl sites for hydroxylation is 2. The Hall–Kier alpha value is -2.18. The molecule has 0 radical (unpaired) electrons. The summed E-state index contributed by atoms with van der Waals surface area (Å²) in [5, 5.41) is 5.04. The van der Waals surface area contributed by atoms with E-state index < -0.39 is 0 Å². The van der Waals surface area contributed by atoms with Crippen LogP contribution in [-0.2, 0) is 12.2 Å². The van der Waals surface area contributed by atoms with Gasteiger partial charge in [0.15, 0.2) is 0 Å². The number of hydrogen-bond donors (Lipinski definition) is 1. The highest BCUT2D eigenvalue weighted by Crippen LogP contribution is 2.20. The number of nitrogens with one attached hydrogen (secondary N) is 1. The lowest BCUT2D eigenvalue weighted by Crippen LogP contribution is -2.25. The first-order valence-corrected chi connectivity index (χ1v) is 10.3. The number of amides is 1. The maximum Gasteiger partial charge on any atom is 0.251 e. The lowest BCUT2D eigenvalue weighted by Gasteiger charge is -2.06. The normalized spacial score (nSPS) is 10.7. The van der Waals surface area contributed by atoms with Gasteiger partial charge in [-0.05, 0) is 43.7 Å². The van der Waals surface area contributed by atoms with Crippen molar-refractivity contribution in [2.45, 2.75) is 31.0 Å². The number of carbonyl (C=O) groups is 1. The van der Waals surface area contributed by atoms with Crippen molar-refractivity contribution < 1.29 is 4.79 Å². The number of rotatable bonds is 7. The fourth-order valence-corrected chi connectivity index (χ4v) is 4.12. The highest BCUT2D eigenvalue weighted by molar-refractivity contribution is 7.98. The van der Waals surface area contributed by atoms with E-state index >= 15 is 0 Å². The monoisotopic (exact) mass is 383 g/mol. The lowest BCUT2D eigenvalue weighted by molar-refractivity contribution is 0.0954. The van der Waals surface area contributed by atoms with Crippen LogP contribution in [0.25, 0.3) is 0 Å². The van der Waals surface area contributed by atoms with Crippen molar-refractivity contribution in [3.63, 3.8) is 0 Å². The number of thiazole rings is 1. The Balaban J connectivity index is 1.47. The largest absolute Gasteiger partial charge is 0.352 e. The first-order valence-electron chi connectivity index (χ1n) is 8.45. The molecule has 0 aliphatic heterocycles. The van der Waals surface area contributed by atoms with Crippen LogP contribution in [0.4, 0.5) is 0 Å².